The predicted octanol–water partition coefficient (Wildman–Crippen LogP) is 3.98. The monoisotopic (exact) mass is 358 g/mol. The predicted molar refractivity (Wildman–Crippen MR) is 108 cm³/mol. The molecule has 0 radical (unpaired) electrons. The van der Waals surface area contributed by atoms with Crippen LogP contribution in [0.4, 0.5) is 0 Å². The van der Waals surface area contributed by atoms with Crippen molar-refractivity contribution in [2.45, 2.75) is 52.4 Å². The molecule has 1 aliphatic rings. The van der Waals surface area contributed by atoms with Crippen molar-refractivity contribution in [1.29, 1.82) is 0 Å². The molecule has 26 heavy (non-hydrogen) atoms. The van der Waals surface area contributed by atoms with Gasteiger partial charge in [0.2, 0.25) is 0 Å². The second kappa shape index (κ2) is 11.0. The third-order valence-corrected chi connectivity index (χ3v) is 4.80. The Morgan fingerprint density at radius 1 is 1.19 bits per heavy atom. The van der Waals surface area contributed by atoms with Gasteiger partial charge in [-0.15, -0.1) is 0 Å². The number of likely N-dealkylation sites (tertiary alicyclic amines) is 1. The zero-order valence-corrected chi connectivity index (χ0v) is 16.5. The summed E-state index contributed by atoms with van der Waals surface area (Å²) in [5.74, 6) is 0.969. The third-order valence-electron chi connectivity index (χ3n) is 4.80. The third kappa shape index (κ3) is 5.87. The Kier molecular flexibility index (Phi) is 8.69. The number of benzene rings is 1. The van der Waals surface area contributed by atoms with E-state index in [1.807, 2.05) is 12.1 Å². The topological polar surface area (TPSA) is 41.6 Å². The van der Waals surface area contributed by atoms with Crippen LogP contribution in [0.1, 0.15) is 61.0 Å². The number of carbonyl (C=O) groups is 1. The quantitative estimate of drug-likeness (QED) is 0.608. The zero-order valence-electron chi connectivity index (χ0n) is 16.5. The molecule has 0 atom stereocenters. The highest BCUT2D eigenvalue weighted by Crippen LogP contribution is 2.29. The van der Waals surface area contributed by atoms with Crippen molar-refractivity contribution >= 4 is 5.91 Å². The Balaban J connectivity index is 2.12. The number of hydrogen-bond acceptors (Lipinski definition) is 3. The normalized spacial score (nSPS) is 14.4. The Labute approximate surface area is 158 Å². The lowest BCUT2D eigenvalue weighted by Gasteiger charge is -2.18. The fourth-order valence-electron chi connectivity index (χ4n) is 3.56. The maximum atomic E-state index is 12.7. The van der Waals surface area contributed by atoms with Crippen molar-refractivity contribution in [1.82, 2.24) is 10.2 Å². The maximum absolute atomic E-state index is 12.7. The Morgan fingerprint density at radius 2 is 1.81 bits per heavy atom. The van der Waals surface area contributed by atoms with Crippen LogP contribution in [0, 0.1) is 0 Å². The molecule has 1 N–H and O–H groups in total. The molecule has 1 saturated heterocycles. The highest BCUT2D eigenvalue weighted by atomic mass is 16.5. The molecule has 144 valence electrons. The standard InChI is InChI=1S/C22H34N2O2/c1-4-9-18-16-20(17-19(10-5-2)21(18)26-15-6-3)22(25)23-11-14-24-12-7-8-13-24/h6,16-17H,3-5,7-15H2,1-2H3,(H,23,25). The number of aryl methyl sites for hydroxylation is 2. The fraction of sp³-hybridized carbons (Fsp3) is 0.591. The summed E-state index contributed by atoms with van der Waals surface area (Å²) < 4.78 is 5.95. The van der Waals surface area contributed by atoms with Crippen LogP contribution in [-0.4, -0.2) is 43.6 Å². The summed E-state index contributed by atoms with van der Waals surface area (Å²) in [6, 6.07) is 4.01. The highest BCUT2D eigenvalue weighted by Gasteiger charge is 2.16. The van der Waals surface area contributed by atoms with Crippen molar-refractivity contribution < 1.29 is 9.53 Å². The molecule has 0 bridgehead atoms. The molecular weight excluding hydrogens is 324 g/mol. The van der Waals surface area contributed by atoms with Crippen LogP contribution in [0.2, 0.25) is 0 Å². The van der Waals surface area contributed by atoms with Crippen LogP contribution in [0.15, 0.2) is 24.8 Å². The summed E-state index contributed by atoms with van der Waals surface area (Å²) in [6.45, 7) is 12.5. The van der Waals surface area contributed by atoms with Gasteiger partial charge in [-0.25, -0.2) is 0 Å². The van der Waals surface area contributed by atoms with Gasteiger partial charge in [-0.2, -0.15) is 0 Å². The molecule has 1 heterocycles. The Bertz CT molecular complexity index is 565. The molecule has 4 nitrogen and oxygen atoms in total. The van der Waals surface area contributed by atoms with E-state index in [1.165, 1.54) is 12.8 Å². The van der Waals surface area contributed by atoms with Crippen molar-refractivity contribution in [2.24, 2.45) is 0 Å². The second-order valence-electron chi connectivity index (χ2n) is 7.03. The van der Waals surface area contributed by atoms with Gasteiger partial charge in [0, 0.05) is 18.7 Å². The van der Waals surface area contributed by atoms with Crippen LogP contribution >= 0.6 is 0 Å². The van der Waals surface area contributed by atoms with E-state index in [2.05, 4.69) is 30.6 Å². The molecule has 4 heteroatoms. The van der Waals surface area contributed by atoms with E-state index in [4.69, 9.17) is 4.74 Å². The maximum Gasteiger partial charge on any atom is 0.251 e. The first-order chi connectivity index (χ1) is 12.7. The van der Waals surface area contributed by atoms with Crippen molar-refractivity contribution in [3.63, 3.8) is 0 Å². The van der Waals surface area contributed by atoms with Gasteiger partial charge in [-0.1, -0.05) is 39.3 Å². The smallest absolute Gasteiger partial charge is 0.251 e. The van der Waals surface area contributed by atoms with E-state index in [1.54, 1.807) is 6.08 Å². The van der Waals surface area contributed by atoms with Crippen molar-refractivity contribution in [2.75, 3.05) is 32.8 Å². The molecule has 0 saturated carbocycles. The summed E-state index contributed by atoms with van der Waals surface area (Å²) in [4.78, 5) is 15.1. The average Bonchev–Trinajstić information content (AvgIpc) is 3.14. The fourth-order valence-corrected chi connectivity index (χ4v) is 3.56. The number of carbonyl (C=O) groups excluding carboxylic acids is 1. The van der Waals surface area contributed by atoms with Crippen LogP contribution in [0.5, 0.6) is 5.75 Å². The van der Waals surface area contributed by atoms with E-state index in [0.717, 1.165) is 67.8 Å². The lowest BCUT2D eigenvalue weighted by atomic mass is 9.97. The zero-order chi connectivity index (χ0) is 18.8. The summed E-state index contributed by atoms with van der Waals surface area (Å²) in [5.41, 5.74) is 3.01. The molecule has 1 aromatic rings. The van der Waals surface area contributed by atoms with Crippen molar-refractivity contribution in [3.8, 4) is 5.75 Å². The number of nitrogens with zero attached hydrogens (tertiary/aromatic N) is 1. The first kappa shape index (κ1) is 20.5. The van der Waals surface area contributed by atoms with Gasteiger partial charge in [-0.05, 0) is 62.0 Å². The molecule has 0 unspecified atom stereocenters. The van der Waals surface area contributed by atoms with Crippen LogP contribution in [0.3, 0.4) is 0 Å². The molecule has 0 aromatic heterocycles. The molecule has 1 aromatic carbocycles. The van der Waals surface area contributed by atoms with E-state index in [-0.39, 0.29) is 5.91 Å². The van der Waals surface area contributed by atoms with E-state index < -0.39 is 0 Å². The van der Waals surface area contributed by atoms with Crippen LogP contribution in [-0.2, 0) is 12.8 Å². The lowest BCUT2D eigenvalue weighted by molar-refractivity contribution is 0.0949. The highest BCUT2D eigenvalue weighted by molar-refractivity contribution is 5.95. The van der Waals surface area contributed by atoms with Gasteiger partial charge in [-0.3, -0.25) is 4.79 Å². The van der Waals surface area contributed by atoms with Gasteiger partial charge in [0.15, 0.2) is 0 Å². The Hall–Kier alpha value is -1.81. The van der Waals surface area contributed by atoms with Gasteiger partial charge in [0.25, 0.3) is 5.91 Å². The molecule has 1 fully saturated rings. The molecule has 1 aliphatic heterocycles. The molecular formula is C22H34N2O2. The summed E-state index contributed by atoms with van der Waals surface area (Å²) in [6.07, 6.45) is 8.20. The average molecular weight is 359 g/mol. The van der Waals surface area contributed by atoms with Crippen LogP contribution < -0.4 is 10.1 Å². The largest absolute Gasteiger partial charge is 0.489 e. The number of rotatable bonds is 11. The minimum Gasteiger partial charge on any atom is -0.489 e. The summed E-state index contributed by atoms with van der Waals surface area (Å²) in [7, 11) is 0. The molecule has 1 amide bonds. The first-order valence-electron chi connectivity index (χ1n) is 10.1. The van der Waals surface area contributed by atoms with Gasteiger partial charge in [0.1, 0.15) is 12.4 Å². The first-order valence-corrected chi connectivity index (χ1v) is 10.1. The summed E-state index contributed by atoms with van der Waals surface area (Å²) >= 11 is 0. The minimum absolute atomic E-state index is 0.0224. The number of nitrogens with one attached hydrogen (secondary N) is 1. The lowest BCUT2D eigenvalue weighted by Crippen LogP contribution is -2.33. The van der Waals surface area contributed by atoms with Gasteiger partial charge < -0.3 is 15.0 Å². The van der Waals surface area contributed by atoms with E-state index >= 15 is 0 Å². The van der Waals surface area contributed by atoms with Crippen molar-refractivity contribution in [3.05, 3.63) is 41.5 Å². The van der Waals surface area contributed by atoms with E-state index in [0.29, 0.717) is 13.2 Å². The van der Waals surface area contributed by atoms with Gasteiger partial charge >= 0.3 is 0 Å². The summed E-state index contributed by atoms with van der Waals surface area (Å²) in [5, 5.41) is 3.09. The SMILES string of the molecule is C=CCOc1c(CCC)cc(C(=O)NCCN2CCCC2)cc1CCC. The molecule has 2 rings (SSSR count). The van der Waals surface area contributed by atoms with Crippen LogP contribution in [0.25, 0.3) is 0 Å². The Morgan fingerprint density at radius 3 is 2.35 bits per heavy atom. The number of amides is 1. The molecule has 0 spiro atoms. The van der Waals surface area contributed by atoms with Gasteiger partial charge in [0.05, 0.1) is 0 Å². The number of ether oxygens (including phenoxy) is 1. The minimum atomic E-state index is 0.0224. The number of hydrogen-bond donors (Lipinski definition) is 1. The second-order valence-corrected chi connectivity index (χ2v) is 7.03. The van der Waals surface area contributed by atoms with E-state index in [9.17, 15) is 4.79 Å². The molecule has 0 aliphatic carbocycles.